The topological polar surface area (TPSA) is 43.6 Å². The normalized spacial score (nSPS) is 11.6. The molecule has 0 spiro atoms. The van der Waals surface area contributed by atoms with Crippen LogP contribution in [0.1, 0.15) is 11.3 Å². The first-order chi connectivity index (χ1) is 20.3. The Hall–Kier alpha value is -4.87. The highest BCUT2D eigenvalue weighted by molar-refractivity contribution is 9.10. The summed E-state index contributed by atoms with van der Waals surface area (Å²) in [4.78, 5) is 15.7. The molecule has 194 valence electrons. The summed E-state index contributed by atoms with van der Waals surface area (Å²) in [5.41, 5.74) is 8.15. The van der Waals surface area contributed by atoms with Crippen LogP contribution in [0.25, 0.3) is 60.8 Å². The van der Waals surface area contributed by atoms with Crippen molar-refractivity contribution in [3.05, 3.63) is 143 Å². The van der Waals surface area contributed by atoms with Crippen LogP contribution in [0.4, 0.5) is 0 Å². The number of aromatic nitrogens is 4. The Morgan fingerprint density at radius 2 is 1.22 bits per heavy atom. The number of pyridine rings is 1. The molecule has 3 heterocycles. The van der Waals surface area contributed by atoms with Gasteiger partial charge in [0, 0.05) is 38.0 Å². The lowest BCUT2D eigenvalue weighted by Gasteiger charge is -2.13. The van der Waals surface area contributed by atoms with Crippen molar-refractivity contribution in [2.24, 2.45) is 0 Å². The highest BCUT2D eigenvalue weighted by Gasteiger charge is 2.21. The second-order valence-electron chi connectivity index (χ2n) is 10.2. The molecule has 8 rings (SSSR count). The van der Waals surface area contributed by atoms with Gasteiger partial charge < -0.3 is 0 Å². The van der Waals surface area contributed by atoms with E-state index in [4.69, 9.17) is 15.0 Å². The molecule has 41 heavy (non-hydrogen) atoms. The van der Waals surface area contributed by atoms with Crippen LogP contribution >= 0.6 is 15.9 Å². The van der Waals surface area contributed by atoms with Crippen LogP contribution in [0.15, 0.2) is 132 Å². The molecule has 0 saturated heterocycles. The lowest BCUT2D eigenvalue weighted by atomic mass is 10.0. The quantitative estimate of drug-likeness (QED) is 0.205. The van der Waals surface area contributed by atoms with Gasteiger partial charge in [-0.15, -0.1) is 0 Å². The number of hydrogen-bond acceptors (Lipinski definition) is 3. The van der Waals surface area contributed by atoms with E-state index in [2.05, 4.69) is 124 Å². The number of rotatable bonds is 4. The van der Waals surface area contributed by atoms with Gasteiger partial charge in [-0.1, -0.05) is 125 Å². The molecule has 5 heteroatoms. The molecular weight excluding hydrogens is 568 g/mol. The Balaban J connectivity index is 1.48. The highest BCUT2D eigenvalue weighted by Crippen LogP contribution is 2.37. The number of para-hydroxylation sites is 2. The number of fused-ring (bicyclic) bond motifs is 6. The molecule has 4 nitrogen and oxygen atoms in total. The van der Waals surface area contributed by atoms with Crippen LogP contribution in [0.3, 0.4) is 0 Å². The molecule has 0 saturated carbocycles. The Bertz CT molecular complexity index is 2250. The third-order valence-electron chi connectivity index (χ3n) is 7.74. The molecule has 0 bridgehead atoms. The molecule has 8 aromatic rings. The minimum Gasteiger partial charge on any atom is -0.276 e. The summed E-state index contributed by atoms with van der Waals surface area (Å²) < 4.78 is 3.28. The van der Waals surface area contributed by atoms with Crippen molar-refractivity contribution >= 4 is 59.5 Å². The summed E-state index contributed by atoms with van der Waals surface area (Å²) in [6.45, 7) is 0. The lowest BCUT2D eigenvalue weighted by Crippen LogP contribution is -2.04. The maximum absolute atomic E-state index is 5.36. The van der Waals surface area contributed by atoms with Crippen molar-refractivity contribution in [2.45, 2.75) is 6.42 Å². The number of hydrogen-bond donors (Lipinski definition) is 0. The number of nitrogens with zero attached hydrogens (tertiary/aromatic N) is 4. The van der Waals surface area contributed by atoms with Crippen molar-refractivity contribution < 1.29 is 0 Å². The first-order valence-electron chi connectivity index (χ1n) is 13.6. The number of halogens is 1. The molecular formula is C36H23BrN4. The van der Waals surface area contributed by atoms with Gasteiger partial charge in [0.05, 0.1) is 33.5 Å². The second kappa shape index (κ2) is 9.65. The van der Waals surface area contributed by atoms with Gasteiger partial charge in [-0.05, 0) is 23.8 Å². The third kappa shape index (κ3) is 3.92. The van der Waals surface area contributed by atoms with E-state index in [1.54, 1.807) is 0 Å². The minimum absolute atomic E-state index is 0.638. The zero-order valence-electron chi connectivity index (χ0n) is 22.0. The first-order valence-corrected chi connectivity index (χ1v) is 14.4. The average molecular weight is 592 g/mol. The van der Waals surface area contributed by atoms with Crippen LogP contribution < -0.4 is 0 Å². The summed E-state index contributed by atoms with van der Waals surface area (Å²) in [5.74, 6) is 0.638. The fourth-order valence-electron chi connectivity index (χ4n) is 5.87. The summed E-state index contributed by atoms with van der Waals surface area (Å²) in [6, 6.07) is 43.9. The van der Waals surface area contributed by atoms with Crippen LogP contribution in [-0.4, -0.2) is 19.5 Å². The SMILES string of the molecule is Brc1ccccc1Cc1nc2c3ccccc3n(-c3nc(-c4ccccc4)c4ccccc4n3)c2c2ccccc12. The maximum atomic E-state index is 5.36. The lowest BCUT2D eigenvalue weighted by molar-refractivity contribution is 1.01. The first kappa shape index (κ1) is 24.0. The standard InChI is InChI=1S/C36H23BrN4/c37-29-19-9-4-14-24(29)22-31-25-15-5-6-16-26(25)35-34(38-31)28-18-8-11-21-32(28)41(35)36-39-30-20-10-7-17-27(30)33(40-36)23-12-2-1-3-13-23/h1-21H,22H2. The van der Waals surface area contributed by atoms with Crippen molar-refractivity contribution in [2.75, 3.05) is 0 Å². The van der Waals surface area contributed by atoms with Crippen molar-refractivity contribution in [3.8, 4) is 17.2 Å². The molecule has 0 amide bonds. The van der Waals surface area contributed by atoms with Gasteiger partial charge in [-0.2, -0.15) is 0 Å². The summed E-state index contributed by atoms with van der Waals surface area (Å²) in [7, 11) is 0. The van der Waals surface area contributed by atoms with E-state index in [0.29, 0.717) is 5.95 Å². The molecule has 0 aliphatic carbocycles. The Morgan fingerprint density at radius 1 is 0.561 bits per heavy atom. The smallest absolute Gasteiger partial charge is 0.235 e. The monoisotopic (exact) mass is 590 g/mol. The minimum atomic E-state index is 0.638. The van der Waals surface area contributed by atoms with Crippen LogP contribution in [-0.2, 0) is 6.42 Å². The molecule has 0 unspecified atom stereocenters. The Kier molecular flexibility index (Phi) is 5.64. The zero-order chi connectivity index (χ0) is 27.3. The number of benzene rings is 5. The zero-order valence-corrected chi connectivity index (χ0v) is 23.6. The van der Waals surface area contributed by atoms with E-state index in [0.717, 1.165) is 71.5 Å². The third-order valence-corrected chi connectivity index (χ3v) is 8.52. The summed E-state index contributed by atoms with van der Waals surface area (Å²) in [6.07, 6.45) is 0.724. The molecule has 0 fully saturated rings. The highest BCUT2D eigenvalue weighted by atomic mass is 79.9. The van der Waals surface area contributed by atoms with Gasteiger partial charge in [-0.25, -0.2) is 15.0 Å². The Labute approximate surface area is 245 Å². The van der Waals surface area contributed by atoms with Gasteiger partial charge in [0.25, 0.3) is 0 Å². The second-order valence-corrected chi connectivity index (χ2v) is 11.0. The summed E-state index contributed by atoms with van der Waals surface area (Å²) in [5, 5.41) is 4.37. The predicted molar refractivity (Wildman–Crippen MR) is 172 cm³/mol. The van der Waals surface area contributed by atoms with E-state index in [1.807, 2.05) is 24.3 Å². The van der Waals surface area contributed by atoms with Crippen LogP contribution in [0, 0.1) is 0 Å². The van der Waals surface area contributed by atoms with Crippen LogP contribution in [0.2, 0.25) is 0 Å². The van der Waals surface area contributed by atoms with Gasteiger partial charge in [-0.3, -0.25) is 4.57 Å². The van der Waals surface area contributed by atoms with Gasteiger partial charge >= 0.3 is 0 Å². The van der Waals surface area contributed by atoms with E-state index in [1.165, 1.54) is 5.56 Å². The van der Waals surface area contributed by atoms with E-state index < -0.39 is 0 Å². The van der Waals surface area contributed by atoms with Gasteiger partial charge in [0.15, 0.2) is 0 Å². The van der Waals surface area contributed by atoms with Crippen molar-refractivity contribution in [1.82, 2.24) is 19.5 Å². The Morgan fingerprint density at radius 3 is 2.05 bits per heavy atom. The van der Waals surface area contributed by atoms with E-state index in [-0.39, 0.29) is 0 Å². The van der Waals surface area contributed by atoms with Crippen LogP contribution in [0.5, 0.6) is 0 Å². The fourth-order valence-corrected chi connectivity index (χ4v) is 6.29. The molecule has 0 aliphatic heterocycles. The molecule has 0 radical (unpaired) electrons. The van der Waals surface area contributed by atoms with Gasteiger partial charge in [0.1, 0.15) is 0 Å². The average Bonchev–Trinajstić information content (AvgIpc) is 3.36. The predicted octanol–water partition coefficient (Wildman–Crippen LogP) is 9.30. The summed E-state index contributed by atoms with van der Waals surface area (Å²) >= 11 is 3.74. The molecule has 5 aromatic carbocycles. The largest absolute Gasteiger partial charge is 0.276 e. The van der Waals surface area contributed by atoms with E-state index >= 15 is 0 Å². The fraction of sp³-hybridized carbons (Fsp3) is 0.0278. The van der Waals surface area contributed by atoms with E-state index in [9.17, 15) is 0 Å². The van der Waals surface area contributed by atoms with Gasteiger partial charge in [0.2, 0.25) is 5.95 Å². The van der Waals surface area contributed by atoms with Crippen molar-refractivity contribution in [3.63, 3.8) is 0 Å². The molecule has 0 N–H and O–H groups in total. The molecule has 0 aliphatic rings. The maximum Gasteiger partial charge on any atom is 0.235 e. The molecule has 3 aromatic heterocycles. The molecule has 0 atom stereocenters. The van der Waals surface area contributed by atoms with Crippen molar-refractivity contribution in [1.29, 1.82) is 0 Å².